The number of hydrogen-bond acceptors (Lipinski definition) is 5. The summed E-state index contributed by atoms with van der Waals surface area (Å²) < 4.78 is 1.79. The van der Waals surface area contributed by atoms with Crippen molar-refractivity contribution < 1.29 is 9.90 Å². The van der Waals surface area contributed by atoms with Crippen molar-refractivity contribution in [3.63, 3.8) is 0 Å². The van der Waals surface area contributed by atoms with Gasteiger partial charge in [-0.05, 0) is 11.3 Å². The molecular formula is C11H20N4O2S. The lowest BCUT2D eigenvalue weighted by molar-refractivity contribution is -0.133. The van der Waals surface area contributed by atoms with Crippen LogP contribution in [-0.4, -0.2) is 31.6 Å². The number of aromatic nitrogens is 3. The molecule has 0 amide bonds. The predicted octanol–water partition coefficient (Wildman–Crippen LogP) is 1.72. The number of nitrogens with two attached hydrogens (primary N) is 1. The highest BCUT2D eigenvalue weighted by Gasteiger charge is 2.25. The van der Waals surface area contributed by atoms with E-state index in [9.17, 15) is 4.79 Å². The third-order valence-corrected chi connectivity index (χ3v) is 4.15. The van der Waals surface area contributed by atoms with Crippen molar-refractivity contribution in [3.8, 4) is 0 Å². The minimum Gasteiger partial charge on any atom is -0.481 e. The first-order valence-electron chi connectivity index (χ1n) is 5.77. The highest BCUT2D eigenvalue weighted by atomic mass is 32.2. The summed E-state index contributed by atoms with van der Waals surface area (Å²) in [5.74, 6) is -0.121. The van der Waals surface area contributed by atoms with Crippen LogP contribution in [0.15, 0.2) is 5.16 Å². The Bertz CT molecular complexity index is 429. The largest absolute Gasteiger partial charge is 0.481 e. The van der Waals surface area contributed by atoms with E-state index < -0.39 is 5.97 Å². The summed E-state index contributed by atoms with van der Waals surface area (Å²) in [6.45, 7) is 9.24. The van der Waals surface area contributed by atoms with Crippen LogP contribution in [0.1, 0.15) is 27.7 Å². The third-order valence-electron chi connectivity index (χ3n) is 3.20. The van der Waals surface area contributed by atoms with Crippen LogP contribution in [0, 0.1) is 11.3 Å². The van der Waals surface area contributed by atoms with Crippen LogP contribution >= 0.6 is 11.8 Å². The van der Waals surface area contributed by atoms with Gasteiger partial charge in [-0.15, -0.1) is 10.2 Å². The minimum atomic E-state index is -0.878. The summed E-state index contributed by atoms with van der Waals surface area (Å²) in [4.78, 5) is 10.6. The molecule has 0 fully saturated rings. The van der Waals surface area contributed by atoms with E-state index in [2.05, 4.69) is 37.9 Å². The second-order valence-corrected chi connectivity index (χ2v) is 6.20. The van der Waals surface area contributed by atoms with Gasteiger partial charge in [-0.2, -0.15) is 0 Å². The van der Waals surface area contributed by atoms with Crippen LogP contribution in [0.2, 0.25) is 0 Å². The van der Waals surface area contributed by atoms with Crippen molar-refractivity contribution in [1.29, 1.82) is 0 Å². The Morgan fingerprint density at radius 2 is 2.11 bits per heavy atom. The number of aliphatic carboxylic acids is 1. The van der Waals surface area contributed by atoms with E-state index in [1.54, 1.807) is 4.57 Å². The zero-order valence-electron chi connectivity index (χ0n) is 11.2. The lowest BCUT2D eigenvalue weighted by Gasteiger charge is -2.30. The Balaban J connectivity index is 2.87. The summed E-state index contributed by atoms with van der Waals surface area (Å²) in [6.07, 6.45) is 0. The van der Waals surface area contributed by atoms with E-state index in [0.717, 1.165) is 11.8 Å². The molecule has 6 nitrogen and oxygen atoms in total. The molecule has 0 bridgehead atoms. The van der Waals surface area contributed by atoms with Crippen LogP contribution in [0.4, 0.5) is 5.95 Å². The molecule has 1 aromatic rings. The second-order valence-electron chi connectivity index (χ2n) is 5.25. The quantitative estimate of drug-likeness (QED) is 0.766. The van der Waals surface area contributed by atoms with Crippen LogP contribution in [0.5, 0.6) is 0 Å². The SMILES string of the molecule is CC(C)C(C)(C)Cn1c(N)nnc1SCC(=O)O. The van der Waals surface area contributed by atoms with Gasteiger partial charge in [-0.3, -0.25) is 9.36 Å². The monoisotopic (exact) mass is 272 g/mol. The number of nitrogen functional groups attached to an aromatic ring is 1. The van der Waals surface area contributed by atoms with Gasteiger partial charge in [-0.1, -0.05) is 39.5 Å². The molecule has 7 heteroatoms. The van der Waals surface area contributed by atoms with Gasteiger partial charge in [0, 0.05) is 6.54 Å². The Kier molecular flexibility index (Phi) is 4.61. The Morgan fingerprint density at radius 1 is 1.50 bits per heavy atom. The number of anilines is 1. The van der Waals surface area contributed by atoms with Crippen molar-refractivity contribution in [2.45, 2.75) is 39.4 Å². The van der Waals surface area contributed by atoms with E-state index in [-0.39, 0.29) is 11.2 Å². The Labute approximate surface area is 111 Å². The molecule has 0 aliphatic rings. The number of hydrogen-bond donors (Lipinski definition) is 2. The van der Waals surface area contributed by atoms with Crippen molar-refractivity contribution in [2.24, 2.45) is 11.3 Å². The molecule has 1 heterocycles. The summed E-state index contributed by atoms with van der Waals surface area (Å²) in [6, 6.07) is 0. The molecular weight excluding hydrogens is 252 g/mol. The summed E-state index contributed by atoms with van der Waals surface area (Å²) in [5, 5.41) is 17.0. The summed E-state index contributed by atoms with van der Waals surface area (Å²) >= 11 is 1.14. The molecule has 1 rings (SSSR count). The second kappa shape index (κ2) is 5.60. The molecule has 0 radical (unpaired) electrons. The maximum Gasteiger partial charge on any atom is 0.313 e. The zero-order chi connectivity index (χ0) is 13.9. The lowest BCUT2D eigenvalue weighted by atomic mass is 9.81. The van der Waals surface area contributed by atoms with E-state index in [4.69, 9.17) is 10.8 Å². The van der Waals surface area contributed by atoms with E-state index >= 15 is 0 Å². The number of carbonyl (C=O) groups is 1. The molecule has 0 unspecified atom stereocenters. The van der Waals surface area contributed by atoms with Crippen molar-refractivity contribution in [1.82, 2.24) is 14.8 Å². The molecule has 3 N–H and O–H groups in total. The number of rotatable bonds is 6. The van der Waals surface area contributed by atoms with E-state index in [1.807, 2.05) is 0 Å². The molecule has 1 aromatic heterocycles. The van der Waals surface area contributed by atoms with Crippen molar-refractivity contribution in [3.05, 3.63) is 0 Å². The lowest BCUT2D eigenvalue weighted by Crippen LogP contribution is -2.26. The van der Waals surface area contributed by atoms with Crippen LogP contribution < -0.4 is 5.73 Å². The first kappa shape index (κ1) is 14.8. The fourth-order valence-electron chi connectivity index (χ4n) is 1.27. The topological polar surface area (TPSA) is 94.0 Å². The number of nitrogens with zero attached hydrogens (tertiary/aromatic N) is 3. The molecule has 18 heavy (non-hydrogen) atoms. The summed E-state index contributed by atoms with van der Waals surface area (Å²) in [5.41, 5.74) is 5.82. The van der Waals surface area contributed by atoms with Crippen LogP contribution in [0.25, 0.3) is 0 Å². The van der Waals surface area contributed by atoms with Gasteiger partial charge in [0.15, 0.2) is 5.16 Å². The van der Waals surface area contributed by atoms with Gasteiger partial charge in [0.25, 0.3) is 0 Å². The first-order valence-corrected chi connectivity index (χ1v) is 6.76. The molecule has 0 aromatic carbocycles. The highest BCUT2D eigenvalue weighted by molar-refractivity contribution is 7.99. The fourth-order valence-corrected chi connectivity index (χ4v) is 1.94. The van der Waals surface area contributed by atoms with Crippen molar-refractivity contribution in [2.75, 3.05) is 11.5 Å². The molecule has 0 atom stereocenters. The Hall–Kier alpha value is -1.24. The zero-order valence-corrected chi connectivity index (χ0v) is 12.0. The predicted molar refractivity (Wildman–Crippen MR) is 71.4 cm³/mol. The van der Waals surface area contributed by atoms with Gasteiger partial charge in [-0.25, -0.2) is 0 Å². The first-order chi connectivity index (χ1) is 8.24. The van der Waals surface area contributed by atoms with Gasteiger partial charge in [0.2, 0.25) is 5.95 Å². The maximum absolute atomic E-state index is 10.6. The normalized spacial score (nSPS) is 12.1. The van der Waals surface area contributed by atoms with Crippen LogP contribution in [-0.2, 0) is 11.3 Å². The highest BCUT2D eigenvalue weighted by Crippen LogP contribution is 2.31. The fraction of sp³-hybridized carbons (Fsp3) is 0.727. The number of carboxylic acid groups (broad SMARTS) is 1. The maximum atomic E-state index is 10.6. The molecule has 0 spiro atoms. The molecule has 102 valence electrons. The smallest absolute Gasteiger partial charge is 0.313 e. The van der Waals surface area contributed by atoms with Crippen LogP contribution in [0.3, 0.4) is 0 Å². The number of carboxylic acids is 1. The average Bonchev–Trinajstić information content (AvgIpc) is 2.57. The van der Waals surface area contributed by atoms with E-state index in [1.165, 1.54) is 0 Å². The van der Waals surface area contributed by atoms with E-state index in [0.29, 0.717) is 23.6 Å². The number of thioether (sulfide) groups is 1. The molecule has 0 saturated heterocycles. The molecule has 0 aliphatic carbocycles. The van der Waals surface area contributed by atoms with Gasteiger partial charge in [0.1, 0.15) is 0 Å². The van der Waals surface area contributed by atoms with Gasteiger partial charge < -0.3 is 10.8 Å². The van der Waals surface area contributed by atoms with Gasteiger partial charge >= 0.3 is 5.97 Å². The van der Waals surface area contributed by atoms with Gasteiger partial charge in [0.05, 0.1) is 5.75 Å². The molecule has 0 saturated carbocycles. The third kappa shape index (κ3) is 3.63. The standard InChI is InChI=1S/C11H20N4O2S/c1-7(2)11(3,4)6-15-9(12)13-14-10(15)18-5-8(16)17/h7H,5-6H2,1-4H3,(H2,12,13)(H,16,17). The molecule has 0 aliphatic heterocycles. The average molecular weight is 272 g/mol. The minimum absolute atomic E-state index is 0.0367. The Morgan fingerprint density at radius 3 is 2.61 bits per heavy atom. The summed E-state index contributed by atoms with van der Waals surface area (Å²) in [7, 11) is 0. The van der Waals surface area contributed by atoms with Crippen molar-refractivity contribution >= 4 is 23.7 Å².